The van der Waals surface area contributed by atoms with E-state index in [0.717, 1.165) is 0 Å². The third kappa shape index (κ3) is 3.88. The number of carbonyl (C=O) groups is 1. The molecule has 0 saturated carbocycles. The van der Waals surface area contributed by atoms with Crippen LogP contribution in [0.5, 0.6) is 0 Å². The van der Waals surface area contributed by atoms with Crippen LogP contribution in [0.25, 0.3) is 0 Å². The normalized spacial score (nSPS) is 33.7. The minimum absolute atomic E-state index is 0.0106. The zero-order valence-electron chi connectivity index (χ0n) is 12.3. The molecule has 0 aromatic carbocycles. The number of nitrogens with zero attached hydrogens (tertiary/aromatic N) is 1. The maximum absolute atomic E-state index is 12.4. The van der Waals surface area contributed by atoms with E-state index >= 15 is 0 Å². The number of rotatable bonds is 3. The van der Waals surface area contributed by atoms with Gasteiger partial charge >= 0.3 is 6.03 Å². The predicted molar refractivity (Wildman–Crippen MR) is 79.6 cm³/mol. The molecule has 21 heavy (non-hydrogen) atoms. The Morgan fingerprint density at radius 1 is 1.24 bits per heavy atom. The van der Waals surface area contributed by atoms with Crippen molar-refractivity contribution in [2.75, 3.05) is 29.6 Å². The fourth-order valence-electron chi connectivity index (χ4n) is 3.03. The molecule has 2 fully saturated rings. The van der Waals surface area contributed by atoms with Crippen molar-refractivity contribution < 1.29 is 21.6 Å². The largest absolute Gasteiger partial charge is 0.332 e. The van der Waals surface area contributed by atoms with Crippen molar-refractivity contribution >= 4 is 25.7 Å². The van der Waals surface area contributed by atoms with Gasteiger partial charge < -0.3 is 10.2 Å². The number of hydrogen-bond donors (Lipinski definition) is 1. The third-order valence-electron chi connectivity index (χ3n) is 4.16. The first kappa shape index (κ1) is 16.5. The van der Waals surface area contributed by atoms with E-state index in [1.165, 1.54) is 4.90 Å². The van der Waals surface area contributed by atoms with Crippen molar-refractivity contribution in [3.63, 3.8) is 0 Å². The van der Waals surface area contributed by atoms with E-state index in [-0.39, 0.29) is 35.1 Å². The molecule has 0 aromatic heterocycles. The molecule has 2 saturated heterocycles. The number of hydrogen-bond acceptors (Lipinski definition) is 5. The van der Waals surface area contributed by atoms with Gasteiger partial charge in [0.25, 0.3) is 0 Å². The zero-order chi connectivity index (χ0) is 15.9. The van der Waals surface area contributed by atoms with Crippen molar-refractivity contribution in [1.82, 2.24) is 10.2 Å². The molecule has 2 aliphatic rings. The molecule has 9 heteroatoms. The monoisotopic (exact) mass is 338 g/mol. The summed E-state index contributed by atoms with van der Waals surface area (Å²) in [6, 6.07) is -0.694. The van der Waals surface area contributed by atoms with Gasteiger partial charge in [-0.3, -0.25) is 0 Å². The first-order valence-corrected chi connectivity index (χ1v) is 10.7. The van der Waals surface area contributed by atoms with Crippen LogP contribution in [0.3, 0.4) is 0 Å². The van der Waals surface area contributed by atoms with E-state index in [1.54, 1.807) is 13.8 Å². The standard InChI is InChI=1S/C12H22N2O5S2/c1-3-14(10-4-6-20(16,17)8-10)11(15)13-12(2)5-7-21(18,19)9-12/h10H,3-9H2,1-2H3,(H,13,15)/t10-,12+/m0/s1. The highest BCUT2D eigenvalue weighted by atomic mass is 32.2. The predicted octanol–water partition coefficient (Wildman–Crippen LogP) is -0.218. The summed E-state index contributed by atoms with van der Waals surface area (Å²) in [7, 11) is -6.16. The summed E-state index contributed by atoms with van der Waals surface area (Å²) >= 11 is 0. The molecular formula is C12H22N2O5S2. The molecule has 0 spiro atoms. The van der Waals surface area contributed by atoms with Gasteiger partial charge in [-0.15, -0.1) is 0 Å². The van der Waals surface area contributed by atoms with Crippen molar-refractivity contribution in [2.45, 2.75) is 38.3 Å². The van der Waals surface area contributed by atoms with Gasteiger partial charge in [0.2, 0.25) is 0 Å². The Morgan fingerprint density at radius 2 is 1.90 bits per heavy atom. The van der Waals surface area contributed by atoms with Crippen molar-refractivity contribution in [3.05, 3.63) is 0 Å². The Morgan fingerprint density at radius 3 is 2.33 bits per heavy atom. The molecular weight excluding hydrogens is 316 g/mol. The molecule has 0 unspecified atom stereocenters. The summed E-state index contributed by atoms with van der Waals surface area (Å²) in [5.74, 6) is 0.107. The van der Waals surface area contributed by atoms with E-state index < -0.39 is 25.2 Å². The lowest BCUT2D eigenvalue weighted by Gasteiger charge is -2.32. The summed E-state index contributed by atoms with van der Waals surface area (Å²) in [6.45, 7) is 3.90. The molecule has 2 amide bonds. The maximum atomic E-state index is 12.4. The van der Waals surface area contributed by atoms with Crippen molar-refractivity contribution in [1.29, 1.82) is 0 Å². The molecule has 2 rings (SSSR count). The number of urea groups is 1. The Hall–Kier alpha value is -0.830. The van der Waals surface area contributed by atoms with Gasteiger partial charge in [-0.2, -0.15) is 0 Å². The minimum Gasteiger partial charge on any atom is -0.332 e. The molecule has 0 bridgehead atoms. The van der Waals surface area contributed by atoms with Crippen LogP contribution >= 0.6 is 0 Å². The van der Waals surface area contributed by atoms with E-state index in [2.05, 4.69) is 5.32 Å². The summed E-state index contributed by atoms with van der Waals surface area (Å²) in [5, 5.41) is 2.78. The molecule has 1 N–H and O–H groups in total. The van der Waals surface area contributed by atoms with E-state index in [4.69, 9.17) is 0 Å². The van der Waals surface area contributed by atoms with Crippen LogP contribution in [0.2, 0.25) is 0 Å². The van der Waals surface area contributed by atoms with E-state index in [0.29, 0.717) is 19.4 Å². The molecule has 0 aliphatic carbocycles. The van der Waals surface area contributed by atoms with E-state index in [1.807, 2.05) is 0 Å². The molecule has 2 heterocycles. The Kier molecular flexibility index (Phi) is 4.27. The Labute approximate surface area is 125 Å². The van der Waals surface area contributed by atoms with Gasteiger partial charge in [0.1, 0.15) is 0 Å². The number of amides is 2. The average Bonchev–Trinajstić information content (AvgIpc) is 2.80. The van der Waals surface area contributed by atoms with Gasteiger partial charge in [-0.05, 0) is 26.7 Å². The lowest BCUT2D eigenvalue weighted by Crippen LogP contribution is -2.55. The van der Waals surface area contributed by atoms with Crippen LogP contribution in [0, 0.1) is 0 Å². The fraction of sp³-hybridized carbons (Fsp3) is 0.917. The molecule has 7 nitrogen and oxygen atoms in total. The molecule has 2 atom stereocenters. The lowest BCUT2D eigenvalue weighted by atomic mass is 10.0. The van der Waals surface area contributed by atoms with Crippen LogP contribution in [0.1, 0.15) is 26.7 Å². The minimum atomic E-state index is -3.10. The number of sulfone groups is 2. The molecule has 122 valence electrons. The van der Waals surface area contributed by atoms with Crippen molar-refractivity contribution in [2.24, 2.45) is 0 Å². The van der Waals surface area contributed by atoms with E-state index in [9.17, 15) is 21.6 Å². The summed E-state index contributed by atoms with van der Waals surface area (Å²) in [6.07, 6.45) is 0.834. The van der Waals surface area contributed by atoms with Crippen LogP contribution in [-0.4, -0.2) is 68.9 Å². The summed E-state index contributed by atoms with van der Waals surface area (Å²) in [4.78, 5) is 13.9. The van der Waals surface area contributed by atoms with Gasteiger partial charge in [-0.25, -0.2) is 21.6 Å². The topological polar surface area (TPSA) is 101 Å². The highest BCUT2D eigenvalue weighted by Gasteiger charge is 2.41. The second kappa shape index (κ2) is 5.42. The van der Waals surface area contributed by atoms with Gasteiger partial charge in [0, 0.05) is 12.6 Å². The highest BCUT2D eigenvalue weighted by Crippen LogP contribution is 2.24. The SMILES string of the molecule is CCN(C(=O)N[C@]1(C)CCS(=O)(=O)C1)[C@H]1CCS(=O)(=O)C1. The lowest BCUT2D eigenvalue weighted by molar-refractivity contribution is 0.174. The smallest absolute Gasteiger partial charge is 0.318 e. The molecule has 0 aromatic rings. The fourth-order valence-corrected chi connectivity index (χ4v) is 6.85. The second-order valence-corrected chi connectivity index (χ2v) is 10.6. The Bertz CT molecular complexity index is 628. The number of carbonyl (C=O) groups excluding carboxylic acids is 1. The van der Waals surface area contributed by atoms with Crippen LogP contribution in [-0.2, 0) is 19.7 Å². The van der Waals surface area contributed by atoms with Crippen LogP contribution in [0.15, 0.2) is 0 Å². The molecule has 0 radical (unpaired) electrons. The van der Waals surface area contributed by atoms with Gasteiger partial charge in [-0.1, -0.05) is 0 Å². The quantitative estimate of drug-likeness (QED) is 0.767. The highest BCUT2D eigenvalue weighted by molar-refractivity contribution is 7.92. The third-order valence-corrected chi connectivity index (χ3v) is 7.82. The van der Waals surface area contributed by atoms with Crippen molar-refractivity contribution in [3.8, 4) is 0 Å². The van der Waals surface area contributed by atoms with Gasteiger partial charge in [0.05, 0.1) is 28.6 Å². The van der Waals surface area contributed by atoms with Crippen LogP contribution in [0.4, 0.5) is 4.79 Å². The first-order valence-electron chi connectivity index (χ1n) is 7.05. The average molecular weight is 338 g/mol. The number of nitrogens with one attached hydrogen (secondary N) is 1. The summed E-state index contributed by atoms with van der Waals surface area (Å²) < 4.78 is 46.2. The first-order chi connectivity index (χ1) is 9.56. The van der Waals surface area contributed by atoms with Gasteiger partial charge in [0.15, 0.2) is 19.7 Å². The maximum Gasteiger partial charge on any atom is 0.318 e. The summed E-state index contributed by atoms with van der Waals surface area (Å²) in [5.41, 5.74) is -0.763. The van der Waals surface area contributed by atoms with Crippen LogP contribution < -0.4 is 5.32 Å². The molecule has 2 aliphatic heterocycles. The second-order valence-electron chi connectivity index (χ2n) is 6.18. The Balaban J connectivity index is 2.05. The zero-order valence-corrected chi connectivity index (χ0v) is 14.0.